The van der Waals surface area contributed by atoms with E-state index in [-0.39, 0.29) is 5.54 Å². The summed E-state index contributed by atoms with van der Waals surface area (Å²) < 4.78 is 0. The van der Waals surface area contributed by atoms with E-state index in [2.05, 4.69) is 31.1 Å². The van der Waals surface area contributed by atoms with Crippen LogP contribution in [0.2, 0.25) is 0 Å². The normalized spacial score (nSPS) is 11.2. The van der Waals surface area contributed by atoms with E-state index < -0.39 is 0 Å². The van der Waals surface area contributed by atoms with E-state index in [0.29, 0.717) is 4.99 Å². The van der Waals surface area contributed by atoms with Gasteiger partial charge in [-0.2, -0.15) is 0 Å². The Kier molecular flexibility index (Phi) is 3.29. The topological polar surface area (TPSA) is 50.9 Å². The molecule has 0 aromatic carbocycles. The molecule has 15 heavy (non-hydrogen) atoms. The van der Waals surface area contributed by atoms with Crippen molar-refractivity contribution in [2.24, 2.45) is 5.73 Å². The summed E-state index contributed by atoms with van der Waals surface area (Å²) >= 11 is 5.02. The van der Waals surface area contributed by atoms with Gasteiger partial charge in [0.1, 0.15) is 10.8 Å². The third kappa shape index (κ3) is 3.16. The molecule has 0 bridgehead atoms. The minimum Gasteiger partial charge on any atom is -0.389 e. The van der Waals surface area contributed by atoms with Crippen LogP contribution >= 0.6 is 12.2 Å². The third-order valence-corrected chi connectivity index (χ3v) is 2.10. The first kappa shape index (κ1) is 11.9. The standard InChI is InChI=1S/C11H17N3S/c1-7-5-6-13-10(8(7)9(12)15)14-11(2,3)4/h5-6H,1-4H3,(H2,12,15)(H,13,14). The van der Waals surface area contributed by atoms with Crippen LogP contribution in [0.5, 0.6) is 0 Å². The van der Waals surface area contributed by atoms with Gasteiger partial charge in [0.2, 0.25) is 0 Å². The highest BCUT2D eigenvalue weighted by molar-refractivity contribution is 7.80. The Morgan fingerprint density at radius 2 is 2.07 bits per heavy atom. The van der Waals surface area contributed by atoms with Crippen LogP contribution in [0, 0.1) is 6.92 Å². The van der Waals surface area contributed by atoms with Gasteiger partial charge in [0, 0.05) is 11.7 Å². The molecular formula is C11H17N3S. The number of nitrogens with zero attached hydrogens (tertiary/aromatic N) is 1. The summed E-state index contributed by atoms with van der Waals surface area (Å²) in [4.78, 5) is 4.65. The largest absolute Gasteiger partial charge is 0.389 e. The van der Waals surface area contributed by atoms with E-state index in [9.17, 15) is 0 Å². The number of hydrogen-bond donors (Lipinski definition) is 2. The molecule has 0 saturated carbocycles. The van der Waals surface area contributed by atoms with Crippen molar-refractivity contribution in [2.75, 3.05) is 5.32 Å². The molecule has 3 nitrogen and oxygen atoms in total. The summed E-state index contributed by atoms with van der Waals surface area (Å²) in [6.07, 6.45) is 1.76. The van der Waals surface area contributed by atoms with E-state index >= 15 is 0 Å². The van der Waals surface area contributed by atoms with Crippen LogP contribution in [0.25, 0.3) is 0 Å². The molecule has 0 radical (unpaired) electrons. The fraction of sp³-hybridized carbons (Fsp3) is 0.455. The number of nitrogens with one attached hydrogen (secondary N) is 1. The molecule has 3 N–H and O–H groups in total. The summed E-state index contributed by atoms with van der Waals surface area (Å²) in [6.45, 7) is 8.19. The van der Waals surface area contributed by atoms with Gasteiger partial charge in [-0.15, -0.1) is 0 Å². The van der Waals surface area contributed by atoms with Crippen molar-refractivity contribution >= 4 is 23.0 Å². The zero-order valence-corrected chi connectivity index (χ0v) is 10.4. The average molecular weight is 223 g/mol. The maximum absolute atomic E-state index is 5.69. The number of thiocarbonyl (C=S) groups is 1. The molecule has 0 atom stereocenters. The lowest BCUT2D eigenvalue weighted by Crippen LogP contribution is -2.29. The van der Waals surface area contributed by atoms with Gasteiger partial charge in [-0.25, -0.2) is 4.98 Å². The van der Waals surface area contributed by atoms with Gasteiger partial charge in [0.15, 0.2) is 0 Å². The predicted molar refractivity (Wildman–Crippen MR) is 68.2 cm³/mol. The molecule has 1 aromatic heterocycles. The molecule has 0 unspecified atom stereocenters. The van der Waals surface area contributed by atoms with E-state index in [1.54, 1.807) is 6.20 Å². The van der Waals surface area contributed by atoms with Crippen LogP contribution in [0.3, 0.4) is 0 Å². The maximum atomic E-state index is 5.69. The fourth-order valence-corrected chi connectivity index (χ4v) is 1.58. The Labute approximate surface area is 96.1 Å². The average Bonchev–Trinajstić information content (AvgIpc) is 1.99. The van der Waals surface area contributed by atoms with Gasteiger partial charge in [-0.3, -0.25) is 0 Å². The van der Waals surface area contributed by atoms with Gasteiger partial charge < -0.3 is 11.1 Å². The van der Waals surface area contributed by atoms with E-state index in [4.69, 9.17) is 18.0 Å². The minimum absolute atomic E-state index is 0.0552. The molecule has 0 fully saturated rings. The van der Waals surface area contributed by atoms with Crippen LogP contribution in [-0.4, -0.2) is 15.5 Å². The highest BCUT2D eigenvalue weighted by Gasteiger charge is 2.15. The highest BCUT2D eigenvalue weighted by Crippen LogP contribution is 2.20. The summed E-state index contributed by atoms with van der Waals surface area (Å²) in [5, 5.41) is 3.29. The van der Waals surface area contributed by atoms with Crippen molar-refractivity contribution in [3.8, 4) is 0 Å². The number of aryl methyl sites for hydroxylation is 1. The SMILES string of the molecule is Cc1ccnc(NC(C)(C)C)c1C(N)=S. The molecule has 0 aliphatic rings. The summed E-state index contributed by atoms with van der Waals surface area (Å²) in [5.74, 6) is 0.759. The molecule has 0 amide bonds. The lowest BCUT2D eigenvalue weighted by Gasteiger charge is -2.23. The second kappa shape index (κ2) is 4.14. The van der Waals surface area contributed by atoms with Crippen LogP contribution in [0.15, 0.2) is 12.3 Å². The van der Waals surface area contributed by atoms with Crippen molar-refractivity contribution in [3.63, 3.8) is 0 Å². The Balaban J connectivity index is 3.18. The molecule has 1 aromatic rings. The molecular weight excluding hydrogens is 206 g/mol. The minimum atomic E-state index is -0.0552. The summed E-state index contributed by atoms with van der Waals surface area (Å²) in [7, 11) is 0. The van der Waals surface area contributed by atoms with Crippen molar-refractivity contribution in [1.82, 2.24) is 4.98 Å². The predicted octanol–water partition coefficient (Wildman–Crippen LogP) is 2.23. The molecule has 0 aliphatic carbocycles. The van der Waals surface area contributed by atoms with Gasteiger partial charge in [0.25, 0.3) is 0 Å². The fourth-order valence-electron chi connectivity index (χ4n) is 1.32. The first-order valence-electron chi connectivity index (χ1n) is 4.85. The Morgan fingerprint density at radius 1 is 1.47 bits per heavy atom. The monoisotopic (exact) mass is 223 g/mol. The molecule has 1 heterocycles. The Bertz CT molecular complexity index is 380. The van der Waals surface area contributed by atoms with Crippen molar-refractivity contribution in [1.29, 1.82) is 0 Å². The first-order valence-corrected chi connectivity index (χ1v) is 5.25. The van der Waals surface area contributed by atoms with Gasteiger partial charge in [0.05, 0.1) is 5.56 Å². The number of nitrogens with two attached hydrogens (primary N) is 1. The number of rotatable bonds is 2. The van der Waals surface area contributed by atoms with Gasteiger partial charge in [-0.1, -0.05) is 12.2 Å². The second-order valence-electron chi connectivity index (χ2n) is 4.59. The number of pyridine rings is 1. The van der Waals surface area contributed by atoms with Crippen LogP contribution in [0.4, 0.5) is 5.82 Å². The summed E-state index contributed by atoms with van der Waals surface area (Å²) in [5.41, 5.74) is 7.51. The van der Waals surface area contributed by atoms with Gasteiger partial charge >= 0.3 is 0 Å². The number of hydrogen-bond acceptors (Lipinski definition) is 3. The van der Waals surface area contributed by atoms with Crippen molar-refractivity contribution in [3.05, 3.63) is 23.4 Å². The number of anilines is 1. The second-order valence-corrected chi connectivity index (χ2v) is 5.03. The molecule has 0 saturated heterocycles. The smallest absolute Gasteiger partial charge is 0.136 e. The maximum Gasteiger partial charge on any atom is 0.136 e. The Morgan fingerprint density at radius 3 is 2.53 bits per heavy atom. The van der Waals surface area contributed by atoms with Crippen molar-refractivity contribution in [2.45, 2.75) is 33.2 Å². The Hall–Kier alpha value is -1.16. The van der Waals surface area contributed by atoms with Crippen LogP contribution in [0.1, 0.15) is 31.9 Å². The zero-order chi connectivity index (χ0) is 11.6. The van der Waals surface area contributed by atoms with E-state index in [0.717, 1.165) is 16.9 Å². The molecule has 82 valence electrons. The highest BCUT2D eigenvalue weighted by atomic mass is 32.1. The lowest BCUT2D eigenvalue weighted by molar-refractivity contribution is 0.630. The number of aromatic nitrogens is 1. The van der Waals surface area contributed by atoms with Crippen LogP contribution < -0.4 is 11.1 Å². The van der Waals surface area contributed by atoms with Gasteiger partial charge in [-0.05, 0) is 39.3 Å². The lowest BCUT2D eigenvalue weighted by atomic mass is 10.1. The first-order chi connectivity index (χ1) is 6.81. The third-order valence-electron chi connectivity index (χ3n) is 1.90. The zero-order valence-electron chi connectivity index (χ0n) is 9.59. The quantitative estimate of drug-likeness (QED) is 0.755. The molecule has 0 spiro atoms. The molecule has 0 aliphatic heterocycles. The summed E-state index contributed by atoms with van der Waals surface area (Å²) in [6, 6.07) is 1.91. The van der Waals surface area contributed by atoms with Crippen LogP contribution in [-0.2, 0) is 0 Å². The molecule has 1 rings (SSSR count). The van der Waals surface area contributed by atoms with Crippen molar-refractivity contribution < 1.29 is 0 Å². The molecule has 4 heteroatoms. The van der Waals surface area contributed by atoms with E-state index in [1.165, 1.54) is 0 Å². The van der Waals surface area contributed by atoms with E-state index in [1.807, 2.05) is 13.0 Å².